The fourth-order valence-corrected chi connectivity index (χ4v) is 2.65. The Morgan fingerprint density at radius 1 is 1.17 bits per heavy atom. The highest BCUT2D eigenvalue weighted by atomic mass is 19.4. The van der Waals surface area contributed by atoms with Gasteiger partial charge in [-0.25, -0.2) is 4.98 Å². The predicted molar refractivity (Wildman–Crippen MR) is 82.9 cm³/mol. The molecule has 1 N–H and O–H groups in total. The first kappa shape index (κ1) is 16.2. The lowest BCUT2D eigenvalue weighted by Gasteiger charge is -2.22. The van der Waals surface area contributed by atoms with Crippen molar-refractivity contribution in [3.05, 3.63) is 48.0 Å². The van der Waals surface area contributed by atoms with E-state index in [4.69, 9.17) is 0 Å². The van der Waals surface area contributed by atoms with Crippen molar-refractivity contribution >= 4 is 17.3 Å². The van der Waals surface area contributed by atoms with E-state index in [0.717, 1.165) is 38.1 Å². The van der Waals surface area contributed by atoms with E-state index in [1.807, 2.05) is 4.90 Å². The molecule has 0 aliphatic carbocycles. The van der Waals surface area contributed by atoms with Crippen molar-refractivity contribution in [1.82, 2.24) is 9.97 Å². The van der Waals surface area contributed by atoms with Crippen LogP contribution in [0.4, 0.5) is 24.5 Å². The number of anilines is 2. The van der Waals surface area contributed by atoms with Gasteiger partial charge in [-0.1, -0.05) is 0 Å². The number of amides is 1. The molecule has 5 nitrogen and oxygen atoms in total. The summed E-state index contributed by atoms with van der Waals surface area (Å²) in [4.78, 5) is 21.8. The molecule has 3 rings (SSSR count). The van der Waals surface area contributed by atoms with Crippen molar-refractivity contribution in [2.24, 2.45) is 0 Å². The summed E-state index contributed by atoms with van der Waals surface area (Å²) in [6.45, 7) is 1.50. The average Bonchev–Trinajstić information content (AvgIpc) is 3.09. The van der Waals surface area contributed by atoms with Gasteiger partial charge < -0.3 is 10.2 Å². The average molecular weight is 336 g/mol. The molecule has 24 heavy (non-hydrogen) atoms. The van der Waals surface area contributed by atoms with Gasteiger partial charge in [0, 0.05) is 25.5 Å². The first-order valence-corrected chi connectivity index (χ1v) is 7.49. The number of hydrogen-bond donors (Lipinski definition) is 1. The van der Waals surface area contributed by atoms with Crippen LogP contribution in [0.5, 0.6) is 0 Å². The molecule has 126 valence electrons. The van der Waals surface area contributed by atoms with Crippen LogP contribution in [-0.2, 0) is 6.18 Å². The van der Waals surface area contributed by atoms with Crippen molar-refractivity contribution in [3.8, 4) is 0 Å². The molecule has 1 aromatic carbocycles. The quantitative estimate of drug-likeness (QED) is 0.934. The first-order valence-electron chi connectivity index (χ1n) is 7.49. The lowest BCUT2D eigenvalue weighted by Crippen LogP contribution is -2.22. The van der Waals surface area contributed by atoms with E-state index >= 15 is 0 Å². The molecule has 0 unspecified atom stereocenters. The largest absolute Gasteiger partial charge is 0.416 e. The summed E-state index contributed by atoms with van der Waals surface area (Å²) >= 11 is 0. The Bertz CT molecular complexity index is 728. The molecule has 1 aromatic heterocycles. The van der Waals surface area contributed by atoms with Gasteiger partial charge in [-0.15, -0.1) is 0 Å². The third-order valence-electron chi connectivity index (χ3n) is 3.81. The van der Waals surface area contributed by atoms with Crippen LogP contribution >= 0.6 is 0 Å². The smallest absolute Gasteiger partial charge is 0.370 e. The zero-order valence-electron chi connectivity index (χ0n) is 12.7. The Morgan fingerprint density at radius 2 is 1.92 bits per heavy atom. The van der Waals surface area contributed by atoms with Crippen LogP contribution in [-0.4, -0.2) is 29.0 Å². The molecule has 0 spiro atoms. The van der Waals surface area contributed by atoms with Crippen molar-refractivity contribution < 1.29 is 18.0 Å². The molecular weight excluding hydrogens is 321 g/mol. The van der Waals surface area contributed by atoms with Gasteiger partial charge in [-0.3, -0.25) is 9.78 Å². The van der Waals surface area contributed by atoms with E-state index in [-0.39, 0.29) is 11.4 Å². The molecule has 0 atom stereocenters. The zero-order valence-corrected chi connectivity index (χ0v) is 12.7. The number of halogens is 3. The molecule has 1 fully saturated rings. The van der Waals surface area contributed by atoms with Crippen molar-refractivity contribution in [1.29, 1.82) is 0 Å². The van der Waals surface area contributed by atoms with Crippen LogP contribution in [0.2, 0.25) is 0 Å². The summed E-state index contributed by atoms with van der Waals surface area (Å²) in [6.07, 6.45) is 1.49. The third kappa shape index (κ3) is 3.47. The lowest BCUT2D eigenvalue weighted by molar-refractivity contribution is -0.137. The van der Waals surface area contributed by atoms with Gasteiger partial charge in [0.1, 0.15) is 5.69 Å². The van der Waals surface area contributed by atoms with Gasteiger partial charge in [-0.05, 0) is 31.0 Å². The Labute approximate surface area is 136 Å². The molecule has 0 bridgehead atoms. The Morgan fingerprint density at radius 3 is 2.54 bits per heavy atom. The highest BCUT2D eigenvalue weighted by Gasteiger charge is 2.32. The van der Waals surface area contributed by atoms with Crippen LogP contribution in [0.3, 0.4) is 0 Å². The number of carbonyl (C=O) groups excluding carboxylic acids is 1. The fourth-order valence-electron chi connectivity index (χ4n) is 2.65. The van der Waals surface area contributed by atoms with E-state index in [9.17, 15) is 18.0 Å². The predicted octanol–water partition coefficient (Wildman–Crippen LogP) is 3.35. The maximum atomic E-state index is 13.0. The van der Waals surface area contributed by atoms with E-state index in [2.05, 4.69) is 15.3 Å². The monoisotopic (exact) mass is 336 g/mol. The van der Waals surface area contributed by atoms with Crippen LogP contribution in [0.1, 0.15) is 28.9 Å². The summed E-state index contributed by atoms with van der Waals surface area (Å²) in [5, 5.41) is 2.53. The minimum absolute atomic E-state index is 0.0438. The number of benzene rings is 1. The number of alkyl halides is 3. The summed E-state index contributed by atoms with van der Waals surface area (Å²) in [5.41, 5.74) is -0.0534. The van der Waals surface area contributed by atoms with Crippen molar-refractivity contribution in [3.63, 3.8) is 0 Å². The summed E-state index contributed by atoms with van der Waals surface area (Å²) in [7, 11) is 0. The molecule has 1 amide bonds. The van der Waals surface area contributed by atoms with E-state index in [0.29, 0.717) is 5.69 Å². The maximum Gasteiger partial charge on any atom is 0.416 e. The molecule has 1 saturated heterocycles. The first-order chi connectivity index (χ1) is 11.4. The van der Waals surface area contributed by atoms with E-state index in [1.165, 1.54) is 24.7 Å². The Kier molecular flexibility index (Phi) is 4.37. The van der Waals surface area contributed by atoms with Crippen LogP contribution in [0, 0.1) is 0 Å². The second-order valence-electron chi connectivity index (χ2n) is 5.47. The van der Waals surface area contributed by atoms with E-state index in [1.54, 1.807) is 0 Å². The van der Waals surface area contributed by atoms with Crippen LogP contribution < -0.4 is 10.2 Å². The standard InChI is InChI=1S/C16H15F3N4O/c17-16(18,19)11-3-4-14(23-7-1-2-8-23)12(9-11)22-15(24)13-10-20-5-6-21-13/h3-6,9-10H,1-2,7-8H2,(H,22,24). The summed E-state index contributed by atoms with van der Waals surface area (Å²) in [6, 6.07) is 3.40. The van der Waals surface area contributed by atoms with Crippen LogP contribution in [0.15, 0.2) is 36.8 Å². The second-order valence-corrected chi connectivity index (χ2v) is 5.47. The highest BCUT2D eigenvalue weighted by Crippen LogP contribution is 2.36. The number of nitrogens with one attached hydrogen (secondary N) is 1. The minimum Gasteiger partial charge on any atom is -0.370 e. The number of rotatable bonds is 3. The van der Waals surface area contributed by atoms with Gasteiger partial charge in [-0.2, -0.15) is 13.2 Å². The van der Waals surface area contributed by atoms with Gasteiger partial charge in [0.25, 0.3) is 5.91 Å². The molecule has 0 radical (unpaired) electrons. The maximum absolute atomic E-state index is 13.0. The number of aromatic nitrogens is 2. The molecule has 8 heteroatoms. The normalized spacial score (nSPS) is 14.7. The van der Waals surface area contributed by atoms with E-state index < -0.39 is 17.6 Å². The summed E-state index contributed by atoms with van der Waals surface area (Å²) in [5.74, 6) is -0.595. The van der Waals surface area contributed by atoms with Crippen LogP contribution in [0.25, 0.3) is 0 Å². The third-order valence-corrected chi connectivity index (χ3v) is 3.81. The number of hydrogen-bond acceptors (Lipinski definition) is 4. The van der Waals surface area contributed by atoms with Gasteiger partial charge in [0.05, 0.1) is 23.1 Å². The van der Waals surface area contributed by atoms with Gasteiger partial charge in [0.2, 0.25) is 0 Å². The molecule has 2 heterocycles. The zero-order chi connectivity index (χ0) is 17.2. The second kappa shape index (κ2) is 6.46. The lowest BCUT2D eigenvalue weighted by atomic mass is 10.1. The molecule has 1 aliphatic heterocycles. The number of carbonyl (C=O) groups is 1. The van der Waals surface area contributed by atoms with Crippen molar-refractivity contribution in [2.75, 3.05) is 23.3 Å². The Hall–Kier alpha value is -2.64. The van der Waals surface area contributed by atoms with Crippen molar-refractivity contribution in [2.45, 2.75) is 19.0 Å². The van der Waals surface area contributed by atoms with Gasteiger partial charge >= 0.3 is 6.18 Å². The Balaban J connectivity index is 1.94. The number of nitrogens with zero attached hydrogens (tertiary/aromatic N) is 3. The highest BCUT2D eigenvalue weighted by molar-refractivity contribution is 6.04. The fraction of sp³-hybridized carbons (Fsp3) is 0.312. The topological polar surface area (TPSA) is 58.1 Å². The SMILES string of the molecule is O=C(Nc1cc(C(F)(F)F)ccc1N1CCCC1)c1cnccn1. The minimum atomic E-state index is -4.48. The molecule has 1 aliphatic rings. The summed E-state index contributed by atoms with van der Waals surface area (Å²) < 4.78 is 39.0. The molecular formula is C16H15F3N4O. The van der Waals surface area contributed by atoms with Gasteiger partial charge in [0.15, 0.2) is 0 Å². The molecule has 2 aromatic rings. The molecule has 0 saturated carbocycles.